The molecule has 42 valence electrons. The Kier molecular flexibility index (Phi) is 1.04. The number of rotatable bonds is 0. The molecular weight excluding hydrogens is 106 g/mol. The van der Waals surface area contributed by atoms with Gasteiger partial charge in [-0.05, 0) is 6.07 Å². The van der Waals surface area contributed by atoms with Gasteiger partial charge in [-0.3, -0.25) is 0 Å². The maximum atomic E-state index is 10.2. The molecule has 0 atom stereocenters. The van der Waals surface area contributed by atoms with E-state index in [1.165, 1.54) is 18.3 Å². The van der Waals surface area contributed by atoms with E-state index in [4.69, 9.17) is 5.11 Å². The molecule has 0 unspecified atom stereocenters. The Morgan fingerprint density at radius 3 is 2.75 bits per heavy atom. The molecule has 3 nitrogen and oxygen atoms in total. The maximum absolute atomic E-state index is 10.2. The van der Waals surface area contributed by atoms with E-state index in [1.54, 1.807) is 0 Å². The first kappa shape index (κ1) is 4.90. The fourth-order valence-electron chi connectivity index (χ4n) is 0.443. The summed E-state index contributed by atoms with van der Waals surface area (Å²) in [5.41, 5.74) is 0. The summed E-state index contributed by atoms with van der Waals surface area (Å²) in [5, 5.41) is 18.8. The topological polar surface area (TPSA) is 47.2 Å². The largest absolute Gasteiger partial charge is 0.619 e. The van der Waals surface area contributed by atoms with Gasteiger partial charge in [0.1, 0.15) is 0 Å². The van der Waals surface area contributed by atoms with Crippen molar-refractivity contribution in [2.75, 3.05) is 0 Å². The quantitative estimate of drug-likeness (QED) is 0.379. The second-order valence-electron chi connectivity index (χ2n) is 1.42. The predicted octanol–water partition coefficient (Wildman–Crippen LogP) is 0.0256. The summed E-state index contributed by atoms with van der Waals surface area (Å²) in [7, 11) is 0. The number of hydrogen-bond donors (Lipinski definition) is 1. The fraction of sp³-hybridized carbons (Fsp3) is 0. The third kappa shape index (κ3) is 0.872. The van der Waals surface area contributed by atoms with Gasteiger partial charge in [0, 0.05) is 6.07 Å². The highest BCUT2D eigenvalue weighted by Gasteiger charge is 1.88. The lowest BCUT2D eigenvalue weighted by Crippen LogP contribution is -2.23. The van der Waals surface area contributed by atoms with Crippen molar-refractivity contribution in [3.05, 3.63) is 29.7 Å². The van der Waals surface area contributed by atoms with Gasteiger partial charge < -0.3 is 10.3 Å². The molecule has 1 heterocycles. The van der Waals surface area contributed by atoms with Crippen molar-refractivity contribution in [3.63, 3.8) is 0 Å². The summed E-state index contributed by atoms with van der Waals surface area (Å²) in [6.45, 7) is 0. The second kappa shape index (κ2) is 1.69. The Labute approximate surface area is 46.4 Å². The minimum absolute atomic E-state index is 0.0116. The number of aromatic nitrogens is 1. The van der Waals surface area contributed by atoms with Crippen LogP contribution in [0.1, 0.15) is 0 Å². The Hall–Kier alpha value is -1.25. The van der Waals surface area contributed by atoms with Gasteiger partial charge in [0.25, 0.3) is 0 Å². The van der Waals surface area contributed by atoms with Gasteiger partial charge in [-0.25, -0.2) is 0 Å². The molecule has 3 heteroatoms. The summed E-state index contributed by atoms with van der Waals surface area (Å²) in [4.78, 5) is 0. The van der Waals surface area contributed by atoms with Crippen LogP contribution in [0.5, 0.6) is 5.75 Å². The second-order valence-corrected chi connectivity index (χ2v) is 1.42. The molecule has 8 heavy (non-hydrogen) atoms. The lowest BCUT2D eigenvalue weighted by Gasteiger charge is -1.91. The van der Waals surface area contributed by atoms with Crippen LogP contribution in [0.4, 0.5) is 0 Å². The van der Waals surface area contributed by atoms with Crippen LogP contribution in [0.2, 0.25) is 0 Å². The van der Waals surface area contributed by atoms with Crippen molar-refractivity contribution in [1.29, 1.82) is 0 Å². The van der Waals surface area contributed by atoms with Crippen molar-refractivity contribution < 1.29 is 9.84 Å². The van der Waals surface area contributed by atoms with Gasteiger partial charge in [-0.2, -0.15) is 4.73 Å². The SMILES string of the molecule is [O-][n+]1cccc(O)c1. The van der Waals surface area contributed by atoms with Crippen LogP contribution in [-0.4, -0.2) is 5.11 Å². The number of pyridine rings is 1. The summed E-state index contributed by atoms with van der Waals surface area (Å²) in [5.74, 6) is -0.0116. The molecule has 1 aromatic rings. The zero-order valence-corrected chi connectivity index (χ0v) is 4.11. The van der Waals surface area contributed by atoms with Crippen LogP contribution in [-0.2, 0) is 0 Å². The summed E-state index contributed by atoms with van der Waals surface area (Å²) in [6, 6.07) is 2.91. The molecular formula is C5H5NO2. The van der Waals surface area contributed by atoms with Crippen molar-refractivity contribution >= 4 is 0 Å². The lowest BCUT2D eigenvalue weighted by molar-refractivity contribution is -0.605. The third-order valence-electron chi connectivity index (χ3n) is 0.759. The van der Waals surface area contributed by atoms with Crippen molar-refractivity contribution in [2.24, 2.45) is 0 Å². The van der Waals surface area contributed by atoms with E-state index in [2.05, 4.69) is 0 Å². The fourth-order valence-corrected chi connectivity index (χ4v) is 0.443. The molecule has 0 saturated heterocycles. The van der Waals surface area contributed by atoms with Gasteiger partial charge in [0.05, 0.1) is 0 Å². The highest BCUT2D eigenvalue weighted by Crippen LogP contribution is 1.98. The molecule has 0 saturated carbocycles. The summed E-state index contributed by atoms with van der Waals surface area (Å²) in [6.07, 6.45) is 2.39. The third-order valence-corrected chi connectivity index (χ3v) is 0.759. The van der Waals surface area contributed by atoms with E-state index < -0.39 is 0 Å². The smallest absolute Gasteiger partial charge is 0.222 e. The number of nitrogens with zero attached hydrogens (tertiary/aromatic N) is 1. The average molecular weight is 111 g/mol. The number of hydrogen-bond acceptors (Lipinski definition) is 2. The van der Waals surface area contributed by atoms with E-state index in [0.29, 0.717) is 4.73 Å². The molecule has 1 aromatic heterocycles. The first-order valence-corrected chi connectivity index (χ1v) is 2.17. The van der Waals surface area contributed by atoms with Crippen LogP contribution in [0.15, 0.2) is 24.5 Å². The molecule has 0 radical (unpaired) electrons. The van der Waals surface area contributed by atoms with Crippen LogP contribution < -0.4 is 4.73 Å². The average Bonchev–Trinajstić information content (AvgIpc) is 1.64. The van der Waals surface area contributed by atoms with Crippen molar-refractivity contribution in [3.8, 4) is 5.75 Å². The molecule has 0 aliphatic heterocycles. The van der Waals surface area contributed by atoms with E-state index in [9.17, 15) is 5.21 Å². The van der Waals surface area contributed by atoms with E-state index >= 15 is 0 Å². The monoisotopic (exact) mass is 111 g/mol. The molecule has 0 spiro atoms. The van der Waals surface area contributed by atoms with Gasteiger partial charge in [0.2, 0.25) is 6.20 Å². The minimum Gasteiger partial charge on any atom is -0.619 e. The maximum Gasteiger partial charge on any atom is 0.222 e. The molecule has 0 amide bonds. The van der Waals surface area contributed by atoms with Crippen LogP contribution in [0.3, 0.4) is 0 Å². The van der Waals surface area contributed by atoms with Crippen molar-refractivity contribution in [1.82, 2.24) is 0 Å². The highest BCUT2D eigenvalue weighted by molar-refractivity contribution is 5.09. The summed E-state index contributed by atoms with van der Waals surface area (Å²) < 4.78 is 0.537. The van der Waals surface area contributed by atoms with Gasteiger partial charge >= 0.3 is 0 Å². The first-order valence-electron chi connectivity index (χ1n) is 2.17. The van der Waals surface area contributed by atoms with Crippen LogP contribution >= 0.6 is 0 Å². The van der Waals surface area contributed by atoms with Gasteiger partial charge in [-0.1, -0.05) is 0 Å². The lowest BCUT2D eigenvalue weighted by atomic mass is 10.5. The van der Waals surface area contributed by atoms with Crippen LogP contribution in [0, 0.1) is 5.21 Å². The normalized spacial score (nSPS) is 9.00. The van der Waals surface area contributed by atoms with Crippen LogP contribution in [0.25, 0.3) is 0 Å². The molecule has 0 fully saturated rings. The van der Waals surface area contributed by atoms with E-state index in [1.807, 2.05) is 0 Å². The Morgan fingerprint density at radius 1 is 1.62 bits per heavy atom. The summed E-state index contributed by atoms with van der Waals surface area (Å²) >= 11 is 0. The Balaban J connectivity index is 3.08. The Bertz CT molecular complexity index is 170. The molecule has 0 aliphatic rings. The highest BCUT2D eigenvalue weighted by atomic mass is 16.5. The predicted molar refractivity (Wildman–Crippen MR) is 27.1 cm³/mol. The molecule has 0 bridgehead atoms. The standard InChI is InChI=1S/C5H5NO2/c7-5-2-1-3-6(8)4-5/h1-4,7H. The molecule has 0 aromatic carbocycles. The molecule has 1 N–H and O–H groups in total. The van der Waals surface area contributed by atoms with E-state index in [0.717, 1.165) is 6.20 Å². The van der Waals surface area contributed by atoms with Gasteiger partial charge in [-0.15, -0.1) is 0 Å². The van der Waals surface area contributed by atoms with Crippen molar-refractivity contribution in [2.45, 2.75) is 0 Å². The number of aromatic hydroxyl groups is 1. The van der Waals surface area contributed by atoms with Gasteiger partial charge in [0.15, 0.2) is 11.9 Å². The first-order chi connectivity index (χ1) is 3.79. The van der Waals surface area contributed by atoms with E-state index in [-0.39, 0.29) is 5.75 Å². The molecule has 0 aliphatic carbocycles. The minimum atomic E-state index is -0.0116. The zero-order valence-electron chi connectivity index (χ0n) is 4.11. The molecule has 1 rings (SSSR count). The Morgan fingerprint density at radius 2 is 2.38 bits per heavy atom. The zero-order chi connectivity index (χ0) is 5.98.